The van der Waals surface area contributed by atoms with Crippen molar-refractivity contribution in [1.29, 1.82) is 0 Å². The van der Waals surface area contributed by atoms with Gasteiger partial charge in [-0.05, 0) is 64.0 Å². The van der Waals surface area contributed by atoms with E-state index in [9.17, 15) is 0 Å². The lowest BCUT2D eigenvalue weighted by Gasteiger charge is -2.23. The number of thiophene rings is 1. The second-order valence-corrected chi connectivity index (χ2v) is 6.65. The van der Waals surface area contributed by atoms with Crippen molar-refractivity contribution in [2.45, 2.75) is 59.4 Å². The first-order valence-corrected chi connectivity index (χ1v) is 9.08. The van der Waals surface area contributed by atoms with Gasteiger partial charge < -0.3 is 10.2 Å². The van der Waals surface area contributed by atoms with Gasteiger partial charge in [0.2, 0.25) is 0 Å². The van der Waals surface area contributed by atoms with Gasteiger partial charge in [-0.15, -0.1) is 11.3 Å². The Hall–Kier alpha value is -0.380. The van der Waals surface area contributed by atoms with Crippen molar-refractivity contribution in [3.63, 3.8) is 0 Å². The van der Waals surface area contributed by atoms with Gasteiger partial charge in [-0.1, -0.05) is 27.7 Å². The molecule has 0 aromatic carbocycles. The summed E-state index contributed by atoms with van der Waals surface area (Å²) in [6.07, 6.45) is 4.82. The van der Waals surface area contributed by atoms with Crippen LogP contribution in [0.5, 0.6) is 0 Å². The quantitative estimate of drug-likeness (QED) is 0.665. The Morgan fingerprint density at radius 3 is 2.35 bits per heavy atom. The molecule has 0 aliphatic heterocycles. The molecule has 0 bridgehead atoms. The standard InChI is InChI=1S/C17H32N2S/c1-5-12-18-15(11-13-19(7-3)8-4)14-17-10-9-16(6-2)20-17/h9-10,15,18H,5-8,11-14H2,1-4H3. The fraction of sp³-hybridized carbons (Fsp3) is 0.765. The largest absolute Gasteiger partial charge is 0.314 e. The Labute approximate surface area is 129 Å². The van der Waals surface area contributed by atoms with Crippen molar-refractivity contribution in [3.05, 3.63) is 21.9 Å². The zero-order valence-electron chi connectivity index (χ0n) is 13.7. The number of hydrogen-bond acceptors (Lipinski definition) is 3. The molecular formula is C17H32N2S. The minimum Gasteiger partial charge on any atom is -0.314 e. The molecule has 2 nitrogen and oxygen atoms in total. The molecule has 0 aliphatic carbocycles. The first-order chi connectivity index (χ1) is 9.73. The molecule has 0 spiro atoms. The second-order valence-electron chi connectivity index (χ2n) is 5.39. The molecule has 1 atom stereocenters. The highest BCUT2D eigenvalue weighted by atomic mass is 32.1. The summed E-state index contributed by atoms with van der Waals surface area (Å²) in [5.74, 6) is 0. The van der Waals surface area contributed by atoms with Crippen molar-refractivity contribution < 1.29 is 0 Å². The fourth-order valence-corrected chi connectivity index (χ4v) is 3.51. The van der Waals surface area contributed by atoms with Gasteiger partial charge in [-0.3, -0.25) is 0 Å². The summed E-state index contributed by atoms with van der Waals surface area (Å²) < 4.78 is 0. The van der Waals surface area contributed by atoms with Gasteiger partial charge in [-0.2, -0.15) is 0 Å². The van der Waals surface area contributed by atoms with E-state index in [1.165, 1.54) is 35.6 Å². The Morgan fingerprint density at radius 2 is 1.80 bits per heavy atom. The molecule has 0 aliphatic rings. The van der Waals surface area contributed by atoms with Crippen LogP contribution in [0.3, 0.4) is 0 Å². The van der Waals surface area contributed by atoms with Gasteiger partial charge in [0.15, 0.2) is 0 Å². The van der Waals surface area contributed by atoms with Crippen LogP contribution in [0.4, 0.5) is 0 Å². The van der Waals surface area contributed by atoms with Crippen LogP contribution in [-0.4, -0.2) is 37.1 Å². The number of rotatable bonds is 11. The van der Waals surface area contributed by atoms with Gasteiger partial charge >= 0.3 is 0 Å². The van der Waals surface area contributed by atoms with Gasteiger partial charge in [0.1, 0.15) is 0 Å². The number of hydrogen-bond donors (Lipinski definition) is 1. The number of nitrogens with zero attached hydrogens (tertiary/aromatic N) is 1. The molecule has 0 saturated heterocycles. The van der Waals surface area contributed by atoms with Crippen LogP contribution < -0.4 is 5.32 Å². The molecule has 0 saturated carbocycles. The Kier molecular flexibility index (Phi) is 9.16. The first-order valence-electron chi connectivity index (χ1n) is 8.26. The molecule has 0 amide bonds. The maximum absolute atomic E-state index is 3.73. The highest BCUT2D eigenvalue weighted by Gasteiger charge is 2.12. The monoisotopic (exact) mass is 296 g/mol. The zero-order valence-corrected chi connectivity index (χ0v) is 14.6. The maximum Gasteiger partial charge on any atom is 0.0127 e. The molecule has 1 aromatic heterocycles. The lowest BCUT2D eigenvalue weighted by Crippen LogP contribution is -2.36. The summed E-state index contributed by atoms with van der Waals surface area (Å²) in [4.78, 5) is 5.57. The molecule has 116 valence electrons. The van der Waals surface area contributed by atoms with E-state index in [1.807, 2.05) is 11.3 Å². The van der Waals surface area contributed by atoms with E-state index >= 15 is 0 Å². The number of nitrogens with one attached hydrogen (secondary N) is 1. The maximum atomic E-state index is 3.73. The van der Waals surface area contributed by atoms with E-state index < -0.39 is 0 Å². The van der Waals surface area contributed by atoms with Crippen LogP contribution in [-0.2, 0) is 12.8 Å². The third-order valence-corrected chi connectivity index (χ3v) is 5.14. The average molecular weight is 297 g/mol. The van der Waals surface area contributed by atoms with E-state index in [1.54, 1.807) is 0 Å². The molecule has 1 unspecified atom stereocenters. The van der Waals surface area contributed by atoms with Crippen molar-refractivity contribution in [2.24, 2.45) is 0 Å². The van der Waals surface area contributed by atoms with Crippen LogP contribution >= 0.6 is 11.3 Å². The van der Waals surface area contributed by atoms with Crippen molar-refractivity contribution in [2.75, 3.05) is 26.2 Å². The van der Waals surface area contributed by atoms with E-state index in [0.717, 1.165) is 26.1 Å². The highest BCUT2D eigenvalue weighted by molar-refractivity contribution is 7.11. The van der Waals surface area contributed by atoms with Crippen LogP contribution in [0.15, 0.2) is 12.1 Å². The topological polar surface area (TPSA) is 15.3 Å². The molecule has 20 heavy (non-hydrogen) atoms. The van der Waals surface area contributed by atoms with Gasteiger partial charge in [-0.25, -0.2) is 0 Å². The molecule has 1 heterocycles. The minimum absolute atomic E-state index is 0.624. The van der Waals surface area contributed by atoms with E-state index in [-0.39, 0.29) is 0 Å². The molecule has 1 rings (SSSR count). The summed E-state index contributed by atoms with van der Waals surface area (Å²) >= 11 is 1.99. The van der Waals surface area contributed by atoms with E-state index in [2.05, 4.69) is 50.0 Å². The van der Waals surface area contributed by atoms with Crippen LogP contribution in [0.2, 0.25) is 0 Å². The lowest BCUT2D eigenvalue weighted by molar-refractivity contribution is 0.280. The van der Waals surface area contributed by atoms with Crippen molar-refractivity contribution in [3.8, 4) is 0 Å². The first kappa shape index (κ1) is 17.7. The molecule has 1 aromatic rings. The van der Waals surface area contributed by atoms with Crippen molar-refractivity contribution in [1.82, 2.24) is 10.2 Å². The van der Waals surface area contributed by atoms with Crippen LogP contribution in [0.25, 0.3) is 0 Å². The molecular weight excluding hydrogens is 264 g/mol. The fourth-order valence-electron chi connectivity index (χ4n) is 2.47. The van der Waals surface area contributed by atoms with Gasteiger partial charge in [0.25, 0.3) is 0 Å². The van der Waals surface area contributed by atoms with E-state index in [0.29, 0.717) is 6.04 Å². The Bertz CT molecular complexity index is 345. The predicted octanol–water partition coefficient (Wildman–Crippen LogP) is 3.95. The second kappa shape index (κ2) is 10.4. The van der Waals surface area contributed by atoms with Gasteiger partial charge in [0.05, 0.1) is 0 Å². The van der Waals surface area contributed by atoms with E-state index in [4.69, 9.17) is 0 Å². The Morgan fingerprint density at radius 1 is 1.10 bits per heavy atom. The SMILES string of the molecule is CCCNC(CCN(CC)CC)Cc1ccc(CC)s1. The normalized spacial score (nSPS) is 13.1. The summed E-state index contributed by atoms with van der Waals surface area (Å²) in [5.41, 5.74) is 0. The predicted molar refractivity (Wildman–Crippen MR) is 91.9 cm³/mol. The van der Waals surface area contributed by atoms with Crippen molar-refractivity contribution >= 4 is 11.3 Å². The average Bonchev–Trinajstić information content (AvgIpc) is 2.93. The molecule has 0 fully saturated rings. The van der Waals surface area contributed by atoms with Gasteiger partial charge in [0, 0.05) is 15.8 Å². The van der Waals surface area contributed by atoms with Crippen LogP contribution in [0.1, 0.15) is 50.3 Å². The zero-order chi connectivity index (χ0) is 14.8. The highest BCUT2D eigenvalue weighted by Crippen LogP contribution is 2.19. The lowest BCUT2D eigenvalue weighted by atomic mass is 10.1. The third kappa shape index (κ3) is 6.38. The molecule has 1 N–H and O–H groups in total. The molecule has 0 radical (unpaired) electrons. The van der Waals surface area contributed by atoms with Crippen LogP contribution in [0, 0.1) is 0 Å². The number of aryl methyl sites for hydroxylation is 1. The smallest absolute Gasteiger partial charge is 0.0127 e. The summed E-state index contributed by atoms with van der Waals surface area (Å²) in [7, 11) is 0. The minimum atomic E-state index is 0.624. The summed E-state index contributed by atoms with van der Waals surface area (Å²) in [5, 5.41) is 3.73. The third-order valence-electron chi connectivity index (χ3n) is 3.88. The summed E-state index contributed by atoms with van der Waals surface area (Å²) in [6, 6.07) is 5.24. The molecule has 3 heteroatoms. The Balaban J connectivity index is 2.49. The summed E-state index contributed by atoms with van der Waals surface area (Å²) in [6.45, 7) is 13.7.